The summed E-state index contributed by atoms with van der Waals surface area (Å²) in [7, 11) is 0. The van der Waals surface area contributed by atoms with Gasteiger partial charge in [-0.15, -0.1) is 0 Å². The molecule has 4 rings (SSSR count). The van der Waals surface area contributed by atoms with Crippen LogP contribution in [0.15, 0.2) is 59.4 Å². The quantitative estimate of drug-likeness (QED) is 0.566. The minimum atomic E-state index is -0.404. The van der Waals surface area contributed by atoms with Gasteiger partial charge in [0.2, 0.25) is 11.7 Å². The third-order valence-electron chi connectivity index (χ3n) is 4.59. The number of benzene rings is 2. The Bertz CT molecular complexity index is 1110. The second kappa shape index (κ2) is 7.26. The highest BCUT2D eigenvalue weighted by Gasteiger charge is 2.18. The van der Waals surface area contributed by atoms with Gasteiger partial charge in [-0.05, 0) is 51.1 Å². The molecule has 0 saturated heterocycles. The number of nitrogens with zero attached hydrogens (tertiary/aromatic N) is 4. The topological polar surface area (TPSA) is 85.8 Å². The smallest absolute Gasteiger partial charge is 0.251 e. The lowest BCUT2D eigenvalue weighted by atomic mass is 10.2. The molecule has 1 N–H and O–H groups in total. The van der Waals surface area contributed by atoms with Crippen molar-refractivity contribution in [1.82, 2.24) is 25.0 Å². The van der Waals surface area contributed by atoms with Crippen LogP contribution in [-0.4, -0.2) is 25.6 Å². The Morgan fingerprint density at radius 3 is 2.64 bits per heavy atom. The highest BCUT2D eigenvalue weighted by Crippen LogP contribution is 2.25. The molecule has 2 aromatic heterocycles. The summed E-state index contributed by atoms with van der Waals surface area (Å²) >= 11 is 0. The highest BCUT2D eigenvalue weighted by molar-refractivity contribution is 5.94. The Labute approximate surface area is 162 Å². The summed E-state index contributed by atoms with van der Waals surface area (Å²) in [5.74, 6) is 0.654. The van der Waals surface area contributed by atoms with Crippen molar-refractivity contribution < 1.29 is 9.32 Å². The molecule has 0 saturated carbocycles. The summed E-state index contributed by atoms with van der Waals surface area (Å²) in [6, 6.07) is 14.8. The molecule has 2 heterocycles. The molecule has 0 fully saturated rings. The van der Waals surface area contributed by atoms with Gasteiger partial charge in [0.25, 0.3) is 5.91 Å². The number of nitrogens with one attached hydrogen (secondary N) is 1. The van der Waals surface area contributed by atoms with Gasteiger partial charge in [0.15, 0.2) is 0 Å². The third-order valence-corrected chi connectivity index (χ3v) is 4.59. The molecule has 7 heteroatoms. The number of carbonyl (C=O) groups excluding carboxylic acids is 1. The largest absolute Gasteiger partial charge is 0.341 e. The van der Waals surface area contributed by atoms with E-state index in [1.165, 1.54) is 0 Å². The van der Waals surface area contributed by atoms with Gasteiger partial charge in [0.1, 0.15) is 6.04 Å². The van der Waals surface area contributed by atoms with Crippen LogP contribution in [0.4, 0.5) is 0 Å². The standard InChI is InChI=1S/C21H21N5O2/c1-13(2)26-12-22-17-10-9-16(11-18(17)26)19-24-21(28-25-19)14(3)23-20(27)15-7-5-4-6-8-15/h4-14H,1-3H3,(H,23,27)/t14-/m1/s1. The summed E-state index contributed by atoms with van der Waals surface area (Å²) in [5.41, 5.74) is 3.36. The van der Waals surface area contributed by atoms with Crippen molar-refractivity contribution in [2.45, 2.75) is 32.9 Å². The molecular formula is C21H21N5O2. The van der Waals surface area contributed by atoms with Crippen LogP contribution in [0.3, 0.4) is 0 Å². The average Bonchev–Trinajstić information content (AvgIpc) is 3.35. The summed E-state index contributed by atoms with van der Waals surface area (Å²) in [6.45, 7) is 6.03. The van der Waals surface area contributed by atoms with Crippen molar-refractivity contribution in [3.8, 4) is 11.4 Å². The second-order valence-corrected chi connectivity index (χ2v) is 6.97. The number of aromatic nitrogens is 4. The normalized spacial score (nSPS) is 12.4. The van der Waals surface area contributed by atoms with Crippen LogP contribution < -0.4 is 5.32 Å². The summed E-state index contributed by atoms with van der Waals surface area (Å²) < 4.78 is 7.49. The lowest BCUT2D eigenvalue weighted by Gasteiger charge is -2.09. The van der Waals surface area contributed by atoms with Gasteiger partial charge < -0.3 is 14.4 Å². The Morgan fingerprint density at radius 2 is 1.89 bits per heavy atom. The van der Waals surface area contributed by atoms with Gasteiger partial charge in [-0.2, -0.15) is 4.98 Å². The van der Waals surface area contributed by atoms with Gasteiger partial charge in [-0.25, -0.2) is 4.98 Å². The van der Waals surface area contributed by atoms with E-state index in [-0.39, 0.29) is 5.91 Å². The lowest BCUT2D eigenvalue weighted by Crippen LogP contribution is -2.26. The minimum Gasteiger partial charge on any atom is -0.341 e. The first-order valence-electron chi connectivity index (χ1n) is 9.19. The predicted octanol–water partition coefficient (Wildman–Crippen LogP) is 4.16. The first-order chi connectivity index (χ1) is 13.5. The summed E-state index contributed by atoms with van der Waals surface area (Å²) in [5, 5.41) is 6.96. The zero-order chi connectivity index (χ0) is 19.7. The van der Waals surface area contributed by atoms with E-state index in [0.717, 1.165) is 16.6 Å². The van der Waals surface area contributed by atoms with E-state index in [4.69, 9.17) is 4.52 Å². The first kappa shape index (κ1) is 17.9. The molecule has 1 amide bonds. The molecule has 0 aliphatic rings. The maximum absolute atomic E-state index is 12.3. The van der Waals surface area contributed by atoms with Crippen LogP contribution in [0, 0.1) is 0 Å². The fourth-order valence-corrected chi connectivity index (χ4v) is 3.04. The first-order valence-corrected chi connectivity index (χ1v) is 9.19. The number of rotatable bonds is 5. The molecule has 0 bridgehead atoms. The van der Waals surface area contributed by atoms with Gasteiger partial charge in [0.05, 0.1) is 17.4 Å². The van der Waals surface area contributed by atoms with Crippen molar-refractivity contribution >= 4 is 16.9 Å². The number of hydrogen-bond acceptors (Lipinski definition) is 5. The monoisotopic (exact) mass is 375 g/mol. The number of imidazole rings is 1. The van der Waals surface area contributed by atoms with E-state index >= 15 is 0 Å². The maximum atomic E-state index is 12.3. The molecule has 2 aromatic carbocycles. The zero-order valence-corrected chi connectivity index (χ0v) is 16.0. The zero-order valence-electron chi connectivity index (χ0n) is 16.0. The molecule has 4 aromatic rings. The van der Waals surface area contributed by atoms with Crippen molar-refractivity contribution in [3.05, 3.63) is 66.3 Å². The molecule has 0 unspecified atom stereocenters. The molecule has 0 aliphatic carbocycles. The molecule has 0 radical (unpaired) electrons. The Morgan fingerprint density at radius 1 is 1.11 bits per heavy atom. The average molecular weight is 375 g/mol. The van der Waals surface area contributed by atoms with Crippen LogP contribution in [0.5, 0.6) is 0 Å². The Kier molecular flexibility index (Phi) is 4.65. The van der Waals surface area contributed by atoms with E-state index < -0.39 is 6.04 Å². The van der Waals surface area contributed by atoms with Crippen LogP contribution in [-0.2, 0) is 0 Å². The van der Waals surface area contributed by atoms with Crippen molar-refractivity contribution in [3.63, 3.8) is 0 Å². The van der Waals surface area contributed by atoms with E-state index in [2.05, 4.69) is 38.9 Å². The fourth-order valence-electron chi connectivity index (χ4n) is 3.04. The van der Waals surface area contributed by atoms with Crippen LogP contribution in [0.2, 0.25) is 0 Å². The van der Waals surface area contributed by atoms with Crippen molar-refractivity contribution in [2.24, 2.45) is 0 Å². The molecule has 1 atom stereocenters. The SMILES string of the molecule is CC(C)n1cnc2ccc(-c3noc([C@@H](C)NC(=O)c4ccccc4)n3)cc21. The summed E-state index contributed by atoms with van der Waals surface area (Å²) in [4.78, 5) is 21.2. The molecule has 142 valence electrons. The second-order valence-electron chi connectivity index (χ2n) is 6.97. The molecule has 0 aliphatic heterocycles. The van der Waals surface area contributed by atoms with Crippen LogP contribution in [0.1, 0.15) is 49.1 Å². The fraction of sp³-hybridized carbons (Fsp3) is 0.238. The molecule has 0 spiro atoms. The van der Waals surface area contributed by atoms with E-state index in [1.807, 2.05) is 49.6 Å². The number of fused-ring (bicyclic) bond motifs is 1. The number of amides is 1. The summed E-state index contributed by atoms with van der Waals surface area (Å²) in [6.07, 6.45) is 1.84. The Balaban J connectivity index is 1.56. The van der Waals surface area contributed by atoms with Crippen molar-refractivity contribution in [1.29, 1.82) is 0 Å². The molecular weight excluding hydrogens is 354 g/mol. The third kappa shape index (κ3) is 3.38. The van der Waals surface area contributed by atoms with E-state index in [0.29, 0.717) is 23.3 Å². The Hall–Kier alpha value is -3.48. The van der Waals surface area contributed by atoms with E-state index in [9.17, 15) is 4.79 Å². The minimum absolute atomic E-state index is 0.185. The van der Waals surface area contributed by atoms with Crippen LogP contribution in [0.25, 0.3) is 22.4 Å². The van der Waals surface area contributed by atoms with Gasteiger partial charge >= 0.3 is 0 Å². The van der Waals surface area contributed by atoms with Gasteiger partial charge in [0, 0.05) is 17.2 Å². The van der Waals surface area contributed by atoms with Crippen molar-refractivity contribution in [2.75, 3.05) is 0 Å². The van der Waals surface area contributed by atoms with Gasteiger partial charge in [-0.1, -0.05) is 23.4 Å². The van der Waals surface area contributed by atoms with Crippen LogP contribution >= 0.6 is 0 Å². The lowest BCUT2D eigenvalue weighted by molar-refractivity contribution is 0.0932. The molecule has 28 heavy (non-hydrogen) atoms. The number of hydrogen-bond donors (Lipinski definition) is 1. The number of carbonyl (C=O) groups is 1. The molecule has 7 nitrogen and oxygen atoms in total. The predicted molar refractivity (Wildman–Crippen MR) is 106 cm³/mol. The maximum Gasteiger partial charge on any atom is 0.251 e. The van der Waals surface area contributed by atoms with E-state index in [1.54, 1.807) is 12.1 Å². The van der Waals surface area contributed by atoms with Gasteiger partial charge in [-0.3, -0.25) is 4.79 Å². The highest BCUT2D eigenvalue weighted by atomic mass is 16.5.